The smallest absolute Gasteiger partial charge is 0.348 e. The normalized spacial score (nSPS) is 20.6. The second-order valence-corrected chi connectivity index (χ2v) is 12.7. The van der Waals surface area contributed by atoms with Crippen molar-refractivity contribution >= 4 is 28.5 Å². The van der Waals surface area contributed by atoms with Gasteiger partial charge < -0.3 is 35.7 Å². The van der Waals surface area contributed by atoms with E-state index < -0.39 is 17.7 Å². The van der Waals surface area contributed by atoms with E-state index in [1.54, 1.807) is 60.7 Å². The summed E-state index contributed by atoms with van der Waals surface area (Å²) < 4.78 is 6.01. The summed E-state index contributed by atoms with van der Waals surface area (Å²) in [6, 6.07) is 21.5. The number of carbonyl (C=O) groups is 2. The molecule has 3 aliphatic heterocycles. The Morgan fingerprint density at radius 2 is 1.75 bits per heavy atom. The lowest BCUT2D eigenvalue weighted by Gasteiger charge is -2.44. The van der Waals surface area contributed by atoms with Crippen molar-refractivity contribution in [1.29, 1.82) is 0 Å². The monoisotopic (exact) mass is 654 g/mol. The molecule has 3 unspecified atom stereocenters. The van der Waals surface area contributed by atoms with E-state index in [1.807, 2.05) is 6.07 Å². The molecule has 4 heterocycles. The number of aliphatic hydroxyl groups excluding tert-OH is 1. The Bertz CT molecular complexity index is 1800. The first-order chi connectivity index (χ1) is 23.2. The highest BCUT2D eigenvalue weighted by molar-refractivity contribution is 5.92. The number of carbonyl (C=O) groups excluding carboxylic acids is 2. The number of nitrogens with zero attached hydrogens (tertiary/aromatic N) is 1. The number of pyridine rings is 1. The number of piperidine rings is 3. The van der Waals surface area contributed by atoms with Crippen molar-refractivity contribution in [2.24, 2.45) is 5.92 Å². The first kappa shape index (κ1) is 33.4. The molecule has 3 saturated heterocycles. The van der Waals surface area contributed by atoms with Gasteiger partial charge in [0, 0.05) is 42.2 Å². The van der Waals surface area contributed by atoms with Crippen LogP contribution in [-0.2, 0) is 19.9 Å². The van der Waals surface area contributed by atoms with Crippen LogP contribution in [0.25, 0.3) is 10.9 Å². The molecule has 0 aliphatic carbocycles. The van der Waals surface area contributed by atoms with Gasteiger partial charge in [-0.25, -0.2) is 4.79 Å². The molecule has 3 aliphatic rings. The van der Waals surface area contributed by atoms with Crippen molar-refractivity contribution in [1.82, 2.24) is 15.2 Å². The van der Waals surface area contributed by atoms with Crippen LogP contribution < -0.4 is 16.2 Å². The Hall–Kier alpha value is -4.55. The molecule has 48 heavy (non-hydrogen) atoms. The van der Waals surface area contributed by atoms with Gasteiger partial charge in [0.05, 0.1) is 11.6 Å². The molecule has 3 fully saturated rings. The third-order valence-corrected chi connectivity index (χ3v) is 9.52. The van der Waals surface area contributed by atoms with Gasteiger partial charge in [0.1, 0.15) is 11.9 Å². The minimum absolute atomic E-state index is 0.0642. The second-order valence-electron chi connectivity index (χ2n) is 12.7. The Labute approximate surface area is 278 Å². The number of phenols is 1. The maximum Gasteiger partial charge on any atom is 0.348 e. The van der Waals surface area contributed by atoms with Crippen LogP contribution in [0.5, 0.6) is 5.75 Å². The molecule has 1 amide bonds. The lowest BCUT2D eigenvalue weighted by atomic mass is 9.84. The number of ether oxygens (including phenoxy) is 1. The van der Waals surface area contributed by atoms with Crippen LogP contribution in [0.3, 0.4) is 0 Å². The fraction of sp³-hybridized carbons (Fsp3) is 0.378. The number of phenolic OH excluding ortho intramolecular Hbond substituents is 1. The van der Waals surface area contributed by atoms with Crippen molar-refractivity contribution in [3.05, 3.63) is 106 Å². The molecule has 3 aromatic carbocycles. The molecular formula is C37H42N4O7. The number of benzene rings is 3. The number of aromatic nitrogens is 1. The number of nitrogens with one attached hydrogen (secondary N) is 3. The summed E-state index contributed by atoms with van der Waals surface area (Å²) in [6.07, 6.45) is 2.35. The average molecular weight is 655 g/mol. The molecule has 7 rings (SSSR count). The largest absolute Gasteiger partial charge is 0.506 e. The SMILES string of the molecule is O=C(CCCCNCC(O)c1ccc(O)c2[nH]c(=O)ccc12)Nc1cccc(C(O)(C(=O)OC2CN3CCC2CC3)c2ccccc2)c1. The number of aromatic hydroxyl groups is 1. The summed E-state index contributed by atoms with van der Waals surface area (Å²) >= 11 is 0. The number of hydrogen-bond acceptors (Lipinski definition) is 9. The topological polar surface area (TPSA) is 164 Å². The molecule has 0 spiro atoms. The van der Waals surface area contributed by atoms with Gasteiger partial charge in [-0.05, 0) is 86.6 Å². The third-order valence-electron chi connectivity index (χ3n) is 9.52. The quantitative estimate of drug-likeness (QED) is 0.0935. The van der Waals surface area contributed by atoms with E-state index in [1.165, 1.54) is 12.1 Å². The van der Waals surface area contributed by atoms with Gasteiger partial charge in [-0.15, -0.1) is 0 Å². The Morgan fingerprint density at radius 1 is 0.979 bits per heavy atom. The van der Waals surface area contributed by atoms with Crippen molar-refractivity contribution < 1.29 is 29.6 Å². The van der Waals surface area contributed by atoms with E-state index >= 15 is 0 Å². The number of H-pyrrole nitrogens is 1. The number of hydrogen-bond donors (Lipinski definition) is 6. The summed E-state index contributed by atoms with van der Waals surface area (Å²) in [5.74, 6) is -0.694. The van der Waals surface area contributed by atoms with Crippen LogP contribution in [0.1, 0.15) is 54.9 Å². The molecule has 6 N–H and O–H groups in total. The van der Waals surface area contributed by atoms with Crippen LogP contribution in [-0.4, -0.2) is 75.9 Å². The van der Waals surface area contributed by atoms with Gasteiger partial charge in [-0.2, -0.15) is 0 Å². The number of fused-ring (bicyclic) bond motifs is 4. The van der Waals surface area contributed by atoms with Gasteiger partial charge in [-0.1, -0.05) is 48.5 Å². The fourth-order valence-electron chi connectivity index (χ4n) is 6.83. The highest BCUT2D eigenvalue weighted by Crippen LogP contribution is 2.36. The zero-order valence-electron chi connectivity index (χ0n) is 26.7. The summed E-state index contributed by atoms with van der Waals surface area (Å²) in [5, 5.41) is 39.5. The molecule has 1 aromatic heterocycles. The second kappa shape index (κ2) is 14.7. The number of anilines is 1. The minimum Gasteiger partial charge on any atom is -0.506 e. The number of aromatic amines is 1. The zero-order chi connectivity index (χ0) is 33.7. The number of amides is 1. The molecule has 4 aromatic rings. The average Bonchev–Trinajstić information content (AvgIpc) is 3.10. The highest BCUT2D eigenvalue weighted by atomic mass is 16.6. The summed E-state index contributed by atoms with van der Waals surface area (Å²) in [5.41, 5.74) is -0.351. The number of rotatable bonds is 13. The predicted octanol–water partition coefficient (Wildman–Crippen LogP) is 3.54. The highest BCUT2D eigenvalue weighted by Gasteiger charge is 2.45. The van der Waals surface area contributed by atoms with Crippen LogP contribution >= 0.6 is 0 Å². The van der Waals surface area contributed by atoms with E-state index in [-0.39, 0.29) is 47.7 Å². The van der Waals surface area contributed by atoms with Gasteiger partial charge >= 0.3 is 5.97 Å². The van der Waals surface area contributed by atoms with E-state index in [0.29, 0.717) is 53.7 Å². The molecule has 2 bridgehead atoms. The molecule has 0 saturated carbocycles. The summed E-state index contributed by atoms with van der Waals surface area (Å²) in [4.78, 5) is 43.1. The Balaban J connectivity index is 1.02. The lowest BCUT2D eigenvalue weighted by Crippen LogP contribution is -2.53. The molecule has 252 valence electrons. The Morgan fingerprint density at radius 3 is 2.50 bits per heavy atom. The molecule has 3 atom stereocenters. The summed E-state index contributed by atoms with van der Waals surface area (Å²) in [6.45, 7) is 3.51. The van der Waals surface area contributed by atoms with E-state index in [2.05, 4.69) is 20.5 Å². The first-order valence-electron chi connectivity index (χ1n) is 16.6. The molecule has 0 radical (unpaired) electrons. The van der Waals surface area contributed by atoms with Crippen LogP contribution in [0.2, 0.25) is 0 Å². The van der Waals surface area contributed by atoms with Gasteiger partial charge in [0.15, 0.2) is 0 Å². The van der Waals surface area contributed by atoms with Crippen molar-refractivity contribution in [3.8, 4) is 5.75 Å². The number of aliphatic hydroxyl groups is 2. The van der Waals surface area contributed by atoms with E-state index in [9.17, 15) is 29.7 Å². The fourth-order valence-corrected chi connectivity index (χ4v) is 6.83. The van der Waals surface area contributed by atoms with Gasteiger partial charge in [0.25, 0.3) is 0 Å². The van der Waals surface area contributed by atoms with E-state index in [4.69, 9.17) is 4.74 Å². The van der Waals surface area contributed by atoms with Crippen molar-refractivity contribution in [2.75, 3.05) is 38.0 Å². The van der Waals surface area contributed by atoms with Crippen molar-refractivity contribution in [2.45, 2.75) is 49.9 Å². The summed E-state index contributed by atoms with van der Waals surface area (Å²) in [7, 11) is 0. The lowest BCUT2D eigenvalue weighted by molar-refractivity contribution is -0.177. The molecule has 11 heteroatoms. The number of unbranched alkanes of at least 4 members (excludes halogenated alkanes) is 1. The number of esters is 1. The standard InChI is InChI=1S/C37H42N4O7/c42-30-14-12-28(29-13-15-34(45)40-35(29)30)31(43)22-38-18-5-4-11-33(44)39-27-10-6-9-26(21-27)37(47,25-7-2-1-3-8-25)36(46)48-32-23-41-19-16-24(32)17-20-41/h1-3,6-10,12-15,21,24,31-32,38,42-43,47H,4-5,11,16-20,22-23H2,(H,39,44)(H,40,45). The third kappa shape index (κ3) is 7.29. The molecule has 11 nitrogen and oxygen atoms in total. The first-order valence-corrected chi connectivity index (χ1v) is 16.6. The maximum absolute atomic E-state index is 13.8. The Kier molecular flexibility index (Phi) is 10.2. The zero-order valence-corrected chi connectivity index (χ0v) is 26.7. The minimum atomic E-state index is -2.05. The van der Waals surface area contributed by atoms with Crippen molar-refractivity contribution in [3.63, 3.8) is 0 Å². The predicted molar refractivity (Wildman–Crippen MR) is 181 cm³/mol. The van der Waals surface area contributed by atoms with Crippen LogP contribution in [0, 0.1) is 5.92 Å². The van der Waals surface area contributed by atoms with Gasteiger partial charge in [0.2, 0.25) is 17.1 Å². The molecular weight excluding hydrogens is 612 g/mol. The van der Waals surface area contributed by atoms with Crippen LogP contribution in [0.15, 0.2) is 83.7 Å². The maximum atomic E-state index is 13.8. The van der Waals surface area contributed by atoms with E-state index in [0.717, 1.165) is 25.9 Å². The van der Waals surface area contributed by atoms with Crippen LogP contribution in [0.4, 0.5) is 5.69 Å². The van der Waals surface area contributed by atoms with Gasteiger partial charge in [-0.3, -0.25) is 14.5 Å².